The molecular weight excluding hydrogens is 250 g/mol. The first-order chi connectivity index (χ1) is 9.56. The molecule has 0 radical (unpaired) electrons. The van der Waals surface area contributed by atoms with E-state index in [-0.39, 0.29) is 0 Å². The average Bonchev–Trinajstić information content (AvgIpc) is 2.40. The Morgan fingerprint density at radius 2 is 1.60 bits per heavy atom. The smallest absolute Gasteiger partial charge is 0.163 e. The zero-order valence-corrected chi connectivity index (χ0v) is 13.5. The topological polar surface area (TPSA) is 30.5 Å². The van der Waals surface area contributed by atoms with Crippen LogP contribution in [0.15, 0.2) is 18.2 Å². The van der Waals surface area contributed by atoms with Crippen molar-refractivity contribution in [2.75, 3.05) is 18.5 Å². The van der Waals surface area contributed by atoms with Crippen LogP contribution in [-0.2, 0) is 0 Å². The lowest BCUT2D eigenvalue weighted by atomic mass is 10.0. The van der Waals surface area contributed by atoms with Crippen LogP contribution in [0.5, 0.6) is 11.5 Å². The Morgan fingerprint density at radius 1 is 0.950 bits per heavy atom. The first-order valence-electron chi connectivity index (χ1n) is 7.73. The van der Waals surface area contributed by atoms with Gasteiger partial charge in [0.05, 0.1) is 13.2 Å². The van der Waals surface area contributed by atoms with Gasteiger partial charge in [0, 0.05) is 17.8 Å². The van der Waals surface area contributed by atoms with Gasteiger partial charge in [0.25, 0.3) is 0 Å². The van der Waals surface area contributed by atoms with E-state index in [2.05, 4.69) is 32.2 Å². The van der Waals surface area contributed by atoms with Crippen LogP contribution in [0.4, 0.5) is 5.69 Å². The summed E-state index contributed by atoms with van der Waals surface area (Å²) in [5.74, 6) is 2.38. The lowest BCUT2D eigenvalue weighted by Gasteiger charge is -2.18. The second kappa shape index (κ2) is 8.72. The highest BCUT2D eigenvalue weighted by Gasteiger charge is 2.08. The minimum absolute atomic E-state index is 0.463. The standard InChI is InChI=1S/C17H29NO2/c1-6-19-16-11-10-15(12-17(16)20-7-2)18-14(5)9-8-13(3)4/h10-14,18H,6-9H2,1-5H3. The van der Waals surface area contributed by atoms with Crippen molar-refractivity contribution in [2.24, 2.45) is 5.92 Å². The molecule has 0 saturated heterocycles. The van der Waals surface area contributed by atoms with Gasteiger partial charge in [0.2, 0.25) is 0 Å². The summed E-state index contributed by atoms with van der Waals surface area (Å²) in [4.78, 5) is 0. The fourth-order valence-corrected chi connectivity index (χ4v) is 2.08. The van der Waals surface area contributed by atoms with Crippen LogP contribution < -0.4 is 14.8 Å². The third-order valence-electron chi connectivity index (χ3n) is 3.13. The zero-order chi connectivity index (χ0) is 15.0. The number of hydrogen-bond donors (Lipinski definition) is 1. The van der Waals surface area contributed by atoms with Crippen LogP contribution in [0.25, 0.3) is 0 Å². The van der Waals surface area contributed by atoms with Crippen molar-refractivity contribution in [1.29, 1.82) is 0 Å². The first-order valence-corrected chi connectivity index (χ1v) is 7.73. The summed E-state index contributed by atoms with van der Waals surface area (Å²) in [5, 5.41) is 3.53. The molecule has 0 aliphatic rings. The minimum atomic E-state index is 0.463. The molecule has 114 valence electrons. The van der Waals surface area contributed by atoms with Gasteiger partial charge in [-0.15, -0.1) is 0 Å². The third kappa shape index (κ3) is 5.72. The van der Waals surface area contributed by atoms with Gasteiger partial charge in [-0.1, -0.05) is 13.8 Å². The highest BCUT2D eigenvalue weighted by atomic mass is 16.5. The van der Waals surface area contributed by atoms with E-state index >= 15 is 0 Å². The van der Waals surface area contributed by atoms with Crippen molar-refractivity contribution < 1.29 is 9.47 Å². The van der Waals surface area contributed by atoms with Crippen LogP contribution in [-0.4, -0.2) is 19.3 Å². The van der Waals surface area contributed by atoms with Gasteiger partial charge in [0.15, 0.2) is 11.5 Å². The van der Waals surface area contributed by atoms with Crippen molar-refractivity contribution in [3.05, 3.63) is 18.2 Å². The molecule has 0 fully saturated rings. The normalized spacial score (nSPS) is 12.3. The highest BCUT2D eigenvalue weighted by molar-refractivity contribution is 5.55. The predicted molar refractivity (Wildman–Crippen MR) is 85.9 cm³/mol. The number of rotatable bonds is 9. The molecule has 0 aliphatic heterocycles. The van der Waals surface area contributed by atoms with Gasteiger partial charge in [0.1, 0.15) is 0 Å². The molecule has 1 rings (SSSR count). The van der Waals surface area contributed by atoms with Gasteiger partial charge in [-0.3, -0.25) is 0 Å². The maximum absolute atomic E-state index is 5.64. The Balaban J connectivity index is 2.68. The number of ether oxygens (including phenoxy) is 2. The molecular formula is C17H29NO2. The van der Waals surface area contributed by atoms with Crippen LogP contribution in [0.1, 0.15) is 47.5 Å². The quantitative estimate of drug-likeness (QED) is 0.709. The fourth-order valence-electron chi connectivity index (χ4n) is 2.08. The summed E-state index contributed by atoms with van der Waals surface area (Å²) >= 11 is 0. The van der Waals surface area contributed by atoms with E-state index in [0.717, 1.165) is 23.1 Å². The molecule has 0 spiro atoms. The predicted octanol–water partition coefficient (Wildman–Crippen LogP) is 4.72. The van der Waals surface area contributed by atoms with Gasteiger partial charge in [-0.05, 0) is 51.7 Å². The molecule has 1 aromatic carbocycles. The lowest BCUT2D eigenvalue weighted by molar-refractivity contribution is 0.288. The number of hydrogen-bond acceptors (Lipinski definition) is 3. The van der Waals surface area contributed by atoms with E-state index in [4.69, 9.17) is 9.47 Å². The largest absolute Gasteiger partial charge is 0.490 e. The molecule has 1 atom stereocenters. The Bertz CT molecular complexity index is 391. The Morgan fingerprint density at radius 3 is 2.20 bits per heavy atom. The van der Waals surface area contributed by atoms with E-state index in [1.807, 2.05) is 26.0 Å². The van der Waals surface area contributed by atoms with Crippen LogP contribution in [0.3, 0.4) is 0 Å². The molecule has 0 amide bonds. The monoisotopic (exact) mass is 279 g/mol. The molecule has 1 aromatic rings. The van der Waals surface area contributed by atoms with Crippen molar-refractivity contribution in [2.45, 2.75) is 53.5 Å². The van der Waals surface area contributed by atoms with Gasteiger partial charge in [-0.25, -0.2) is 0 Å². The molecule has 3 heteroatoms. The van der Waals surface area contributed by atoms with Crippen molar-refractivity contribution >= 4 is 5.69 Å². The zero-order valence-electron chi connectivity index (χ0n) is 13.5. The maximum atomic E-state index is 5.64. The van der Waals surface area contributed by atoms with Crippen molar-refractivity contribution in [3.63, 3.8) is 0 Å². The number of anilines is 1. The third-order valence-corrected chi connectivity index (χ3v) is 3.13. The summed E-state index contributed by atoms with van der Waals surface area (Å²) in [6, 6.07) is 6.52. The van der Waals surface area contributed by atoms with Gasteiger partial charge >= 0.3 is 0 Å². The minimum Gasteiger partial charge on any atom is -0.490 e. The summed E-state index contributed by atoms with van der Waals surface area (Å²) in [7, 11) is 0. The molecule has 0 heterocycles. The molecule has 1 unspecified atom stereocenters. The molecule has 3 nitrogen and oxygen atoms in total. The van der Waals surface area contributed by atoms with Crippen molar-refractivity contribution in [3.8, 4) is 11.5 Å². The van der Waals surface area contributed by atoms with Gasteiger partial charge in [-0.2, -0.15) is 0 Å². The summed E-state index contributed by atoms with van der Waals surface area (Å²) in [6.07, 6.45) is 2.42. The first kappa shape index (κ1) is 16.7. The molecule has 0 aromatic heterocycles. The summed E-state index contributed by atoms with van der Waals surface area (Å²) in [6.45, 7) is 12.0. The second-order valence-corrected chi connectivity index (χ2v) is 5.54. The molecule has 0 aliphatic carbocycles. The number of benzene rings is 1. The van der Waals surface area contributed by atoms with Crippen LogP contribution in [0.2, 0.25) is 0 Å². The number of nitrogens with one attached hydrogen (secondary N) is 1. The van der Waals surface area contributed by atoms with E-state index in [1.165, 1.54) is 12.8 Å². The Kier molecular flexibility index (Phi) is 7.27. The molecule has 1 N–H and O–H groups in total. The van der Waals surface area contributed by atoms with E-state index in [1.54, 1.807) is 0 Å². The highest BCUT2D eigenvalue weighted by Crippen LogP contribution is 2.31. The fraction of sp³-hybridized carbons (Fsp3) is 0.647. The summed E-state index contributed by atoms with van der Waals surface area (Å²) in [5.41, 5.74) is 1.09. The molecule has 0 bridgehead atoms. The van der Waals surface area contributed by atoms with E-state index in [9.17, 15) is 0 Å². The van der Waals surface area contributed by atoms with Gasteiger partial charge < -0.3 is 14.8 Å². The summed E-state index contributed by atoms with van der Waals surface area (Å²) < 4.78 is 11.2. The Hall–Kier alpha value is -1.38. The average molecular weight is 279 g/mol. The second-order valence-electron chi connectivity index (χ2n) is 5.54. The van der Waals surface area contributed by atoms with E-state index in [0.29, 0.717) is 19.3 Å². The molecule has 0 saturated carbocycles. The lowest BCUT2D eigenvalue weighted by Crippen LogP contribution is -2.15. The Labute approximate surface area is 123 Å². The maximum Gasteiger partial charge on any atom is 0.163 e. The molecule has 20 heavy (non-hydrogen) atoms. The van der Waals surface area contributed by atoms with Crippen LogP contribution >= 0.6 is 0 Å². The SMILES string of the molecule is CCOc1ccc(NC(C)CCC(C)C)cc1OCC. The van der Waals surface area contributed by atoms with E-state index < -0.39 is 0 Å². The van der Waals surface area contributed by atoms with Crippen molar-refractivity contribution in [1.82, 2.24) is 0 Å². The van der Waals surface area contributed by atoms with Crippen LogP contribution in [0, 0.1) is 5.92 Å².